The van der Waals surface area contributed by atoms with E-state index >= 15 is 0 Å². The van der Waals surface area contributed by atoms with Gasteiger partial charge in [0.05, 0.1) is 13.2 Å². The van der Waals surface area contributed by atoms with Crippen LogP contribution in [0.25, 0.3) is 0 Å². The summed E-state index contributed by atoms with van der Waals surface area (Å²) in [6.07, 6.45) is -10.1. The summed E-state index contributed by atoms with van der Waals surface area (Å²) in [6.45, 7) is 2.51. The summed E-state index contributed by atoms with van der Waals surface area (Å²) in [5.41, 5.74) is 0. The van der Waals surface area contributed by atoms with Gasteiger partial charge in [-0.2, -0.15) is 13.2 Å². The number of carbonyl (C=O) groups is 1. The SMILES string of the molecule is C=CCOC1O[C@H](CO)C(O)C(O)C1NC(=O)C(F)(F)F. The highest BCUT2D eigenvalue weighted by atomic mass is 19.4. The third kappa shape index (κ3) is 4.38. The molecule has 0 aromatic heterocycles. The van der Waals surface area contributed by atoms with E-state index in [4.69, 9.17) is 14.6 Å². The predicted molar refractivity (Wildman–Crippen MR) is 61.9 cm³/mol. The molecule has 1 aliphatic heterocycles. The molecule has 0 saturated carbocycles. The quantitative estimate of drug-likeness (QED) is 0.469. The summed E-state index contributed by atoms with van der Waals surface area (Å²) in [5, 5.41) is 29.9. The van der Waals surface area contributed by atoms with Gasteiger partial charge in [0.2, 0.25) is 0 Å². The third-order valence-electron chi connectivity index (χ3n) is 2.81. The Kier molecular flexibility index (Phi) is 6.10. The van der Waals surface area contributed by atoms with Crippen molar-refractivity contribution in [1.82, 2.24) is 5.32 Å². The minimum absolute atomic E-state index is 0.135. The van der Waals surface area contributed by atoms with Gasteiger partial charge in [0.1, 0.15) is 24.4 Å². The van der Waals surface area contributed by atoms with Crippen LogP contribution in [0.5, 0.6) is 0 Å². The molecular weight excluding hydrogens is 299 g/mol. The fraction of sp³-hybridized carbons (Fsp3) is 0.727. The van der Waals surface area contributed by atoms with Crippen molar-refractivity contribution in [3.63, 3.8) is 0 Å². The zero-order chi connectivity index (χ0) is 16.2. The predicted octanol–water partition coefficient (Wildman–Crippen LogP) is -1.32. The van der Waals surface area contributed by atoms with Gasteiger partial charge in [-0.25, -0.2) is 0 Å². The van der Waals surface area contributed by atoms with Gasteiger partial charge in [0.25, 0.3) is 0 Å². The smallest absolute Gasteiger partial charge is 0.394 e. The van der Waals surface area contributed by atoms with Crippen LogP contribution in [0, 0.1) is 0 Å². The summed E-state index contributed by atoms with van der Waals surface area (Å²) < 4.78 is 46.8. The minimum Gasteiger partial charge on any atom is -0.394 e. The van der Waals surface area contributed by atoms with Gasteiger partial charge in [-0.1, -0.05) is 6.08 Å². The van der Waals surface area contributed by atoms with E-state index in [2.05, 4.69) is 6.58 Å². The third-order valence-corrected chi connectivity index (χ3v) is 2.81. The molecule has 0 radical (unpaired) electrons. The van der Waals surface area contributed by atoms with Crippen LogP contribution in [0.15, 0.2) is 12.7 Å². The number of amides is 1. The van der Waals surface area contributed by atoms with Gasteiger partial charge >= 0.3 is 12.1 Å². The van der Waals surface area contributed by atoms with Crippen LogP contribution in [-0.2, 0) is 14.3 Å². The number of nitrogens with one attached hydrogen (secondary N) is 1. The Morgan fingerprint density at radius 3 is 2.48 bits per heavy atom. The molecule has 4 unspecified atom stereocenters. The van der Waals surface area contributed by atoms with Gasteiger partial charge in [-0.3, -0.25) is 4.79 Å². The van der Waals surface area contributed by atoms with Crippen LogP contribution < -0.4 is 5.32 Å². The van der Waals surface area contributed by atoms with Crippen LogP contribution >= 0.6 is 0 Å². The standard InChI is InChI=1S/C11H16F3NO6/c1-2-3-20-9-6(15-10(19)11(12,13)14)8(18)7(17)5(4-16)21-9/h2,5-9,16-18H,1,3-4H2,(H,15,19)/t5-,6?,7?,8?,9?/m1/s1. The molecule has 5 atom stereocenters. The second-order valence-electron chi connectivity index (χ2n) is 4.33. The zero-order valence-electron chi connectivity index (χ0n) is 10.8. The number of aliphatic hydroxyl groups is 3. The molecule has 0 aromatic rings. The Morgan fingerprint density at radius 2 is 2.00 bits per heavy atom. The maximum Gasteiger partial charge on any atom is 0.471 e. The lowest BCUT2D eigenvalue weighted by Gasteiger charge is -2.42. The van der Waals surface area contributed by atoms with E-state index in [0.29, 0.717) is 0 Å². The first kappa shape index (κ1) is 17.9. The topological polar surface area (TPSA) is 108 Å². The maximum atomic E-state index is 12.3. The molecule has 1 fully saturated rings. The molecule has 4 N–H and O–H groups in total. The van der Waals surface area contributed by atoms with Crippen LogP contribution in [0.2, 0.25) is 0 Å². The van der Waals surface area contributed by atoms with E-state index in [0.717, 1.165) is 0 Å². The summed E-state index contributed by atoms with van der Waals surface area (Å²) >= 11 is 0. The van der Waals surface area contributed by atoms with Crippen molar-refractivity contribution in [2.45, 2.75) is 36.8 Å². The van der Waals surface area contributed by atoms with E-state index in [9.17, 15) is 28.2 Å². The number of carbonyl (C=O) groups excluding carboxylic acids is 1. The second-order valence-corrected chi connectivity index (χ2v) is 4.33. The molecule has 0 bridgehead atoms. The fourth-order valence-electron chi connectivity index (χ4n) is 1.77. The first-order valence-electron chi connectivity index (χ1n) is 5.95. The summed E-state index contributed by atoms with van der Waals surface area (Å²) in [5.74, 6) is -2.31. The molecule has 1 rings (SSSR count). The normalized spacial score (nSPS) is 33.5. The molecule has 1 heterocycles. The van der Waals surface area contributed by atoms with Crippen molar-refractivity contribution in [1.29, 1.82) is 0 Å². The van der Waals surface area contributed by atoms with E-state index in [1.807, 2.05) is 0 Å². The van der Waals surface area contributed by atoms with Crippen LogP contribution in [-0.4, -0.2) is 71.3 Å². The highest BCUT2D eigenvalue weighted by Gasteiger charge is 2.49. The highest BCUT2D eigenvalue weighted by molar-refractivity contribution is 5.82. The van der Waals surface area contributed by atoms with Crippen molar-refractivity contribution < 1.29 is 42.8 Å². The Morgan fingerprint density at radius 1 is 1.38 bits per heavy atom. The monoisotopic (exact) mass is 315 g/mol. The fourth-order valence-corrected chi connectivity index (χ4v) is 1.77. The number of hydrogen-bond acceptors (Lipinski definition) is 6. The molecule has 1 aliphatic rings. The molecule has 10 heteroatoms. The molecule has 0 spiro atoms. The average molecular weight is 315 g/mol. The van der Waals surface area contributed by atoms with Gasteiger partial charge in [0, 0.05) is 0 Å². The van der Waals surface area contributed by atoms with Gasteiger partial charge in [0.15, 0.2) is 6.29 Å². The number of hydrogen-bond donors (Lipinski definition) is 4. The number of halogens is 3. The van der Waals surface area contributed by atoms with Crippen LogP contribution in [0.3, 0.4) is 0 Å². The first-order valence-corrected chi connectivity index (χ1v) is 5.95. The van der Waals surface area contributed by atoms with Gasteiger partial charge < -0.3 is 30.1 Å². The van der Waals surface area contributed by atoms with Crippen molar-refractivity contribution in [2.75, 3.05) is 13.2 Å². The Bertz CT molecular complexity index is 377. The number of ether oxygens (including phenoxy) is 2. The van der Waals surface area contributed by atoms with Crippen molar-refractivity contribution >= 4 is 5.91 Å². The maximum absolute atomic E-state index is 12.3. The molecule has 21 heavy (non-hydrogen) atoms. The van der Waals surface area contributed by atoms with Gasteiger partial charge in [-0.05, 0) is 0 Å². The lowest BCUT2D eigenvalue weighted by atomic mass is 9.97. The first-order chi connectivity index (χ1) is 9.72. The van der Waals surface area contributed by atoms with Crippen LogP contribution in [0.1, 0.15) is 0 Å². The summed E-state index contributed by atoms with van der Waals surface area (Å²) in [4.78, 5) is 10.9. The largest absolute Gasteiger partial charge is 0.471 e. The molecular formula is C11H16F3NO6. The minimum atomic E-state index is -5.17. The Hall–Kier alpha value is -1.20. The second kappa shape index (κ2) is 7.18. The molecule has 7 nitrogen and oxygen atoms in total. The van der Waals surface area contributed by atoms with Crippen molar-refractivity contribution in [3.8, 4) is 0 Å². The molecule has 0 aliphatic carbocycles. The lowest BCUT2D eigenvalue weighted by Crippen LogP contribution is -2.65. The average Bonchev–Trinajstić information content (AvgIpc) is 2.41. The molecule has 1 saturated heterocycles. The highest BCUT2D eigenvalue weighted by Crippen LogP contribution is 2.24. The van der Waals surface area contributed by atoms with E-state index in [-0.39, 0.29) is 6.61 Å². The Balaban J connectivity index is 2.88. The molecule has 122 valence electrons. The number of aliphatic hydroxyl groups excluding tert-OH is 3. The lowest BCUT2D eigenvalue weighted by molar-refractivity contribution is -0.269. The molecule has 0 aromatic carbocycles. The van der Waals surface area contributed by atoms with E-state index in [1.54, 1.807) is 0 Å². The Labute approximate surface area is 118 Å². The van der Waals surface area contributed by atoms with Gasteiger partial charge in [-0.15, -0.1) is 6.58 Å². The summed E-state index contributed by atoms with van der Waals surface area (Å²) in [6, 6.07) is -1.66. The van der Waals surface area contributed by atoms with Crippen LogP contribution in [0.4, 0.5) is 13.2 Å². The number of alkyl halides is 3. The van der Waals surface area contributed by atoms with E-state index in [1.165, 1.54) is 11.4 Å². The number of rotatable bonds is 5. The molecule has 1 amide bonds. The van der Waals surface area contributed by atoms with Crippen molar-refractivity contribution in [3.05, 3.63) is 12.7 Å². The summed E-state index contributed by atoms with van der Waals surface area (Å²) in [7, 11) is 0. The zero-order valence-corrected chi connectivity index (χ0v) is 10.8. The van der Waals surface area contributed by atoms with E-state index < -0.39 is 49.3 Å². The van der Waals surface area contributed by atoms with Crippen molar-refractivity contribution in [2.24, 2.45) is 0 Å².